The van der Waals surface area contributed by atoms with Gasteiger partial charge in [0.25, 0.3) is 0 Å². The van der Waals surface area contributed by atoms with Crippen molar-refractivity contribution in [1.29, 1.82) is 0 Å². The van der Waals surface area contributed by atoms with Crippen LogP contribution in [0.1, 0.15) is 38.5 Å². The lowest BCUT2D eigenvalue weighted by atomic mass is 9.77. The van der Waals surface area contributed by atoms with Crippen molar-refractivity contribution in [3.05, 3.63) is 0 Å². The van der Waals surface area contributed by atoms with Crippen LogP contribution in [0.3, 0.4) is 0 Å². The fraction of sp³-hybridized carbons (Fsp3) is 1.00. The Kier molecular flexibility index (Phi) is 6.93. The summed E-state index contributed by atoms with van der Waals surface area (Å²) in [4.78, 5) is 2.37. The van der Waals surface area contributed by atoms with Gasteiger partial charge in [-0.25, -0.2) is 0 Å². The molecule has 3 atom stereocenters. The molecule has 3 N–H and O–H groups in total. The minimum absolute atomic E-state index is 0.438. The minimum Gasteiger partial charge on any atom is -0.396 e. The summed E-state index contributed by atoms with van der Waals surface area (Å²) in [6, 6.07) is 0. The van der Waals surface area contributed by atoms with E-state index in [0.717, 1.165) is 37.5 Å². The normalized spacial score (nSPS) is 38.3. The van der Waals surface area contributed by atoms with Crippen molar-refractivity contribution in [2.24, 2.45) is 29.4 Å². The number of aliphatic hydroxyl groups is 1. The fourth-order valence-corrected chi connectivity index (χ4v) is 3.92. The van der Waals surface area contributed by atoms with Crippen LogP contribution in [0.5, 0.6) is 0 Å². The van der Waals surface area contributed by atoms with Gasteiger partial charge in [0.2, 0.25) is 0 Å². The van der Waals surface area contributed by atoms with Gasteiger partial charge in [-0.3, -0.25) is 0 Å². The molecule has 1 aliphatic heterocycles. The first kappa shape index (κ1) is 17.2. The zero-order valence-electron chi connectivity index (χ0n) is 13.8. The number of aliphatic hydroxyl groups excluding tert-OH is 1. The molecule has 1 heterocycles. The molecular weight excluding hydrogens is 264 g/mol. The zero-order valence-corrected chi connectivity index (χ0v) is 13.8. The Morgan fingerprint density at radius 1 is 1.05 bits per heavy atom. The van der Waals surface area contributed by atoms with E-state index in [1.54, 1.807) is 0 Å². The molecule has 0 aromatic heterocycles. The maximum Gasteiger partial charge on any atom is 0.0730 e. The molecule has 4 nitrogen and oxygen atoms in total. The summed E-state index contributed by atoms with van der Waals surface area (Å²) in [5, 5.41) is 8.83. The van der Waals surface area contributed by atoms with Crippen LogP contribution in [0.15, 0.2) is 0 Å². The summed E-state index contributed by atoms with van der Waals surface area (Å²) < 4.78 is 5.63. The third-order valence-electron chi connectivity index (χ3n) is 5.55. The van der Waals surface area contributed by atoms with Crippen molar-refractivity contribution in [3.63, 3.8) is 0 Å². The average molecular weight is 298 g/mol. The molecule has 3 saturated carbocycles. The minimum atomic E-state index is 0.438. The Labute approximate surface area is 130 Å². The molecule has 0 aromatic carbocycles. The Hall–Kier alpha value is -0.160. The van der Waals surface area contributed by atoms with Crippen molar-refractivity contribution >= 4 is 0 Å². The molecule has 4 fully saturated rings. The predicted molar refractivity (Wildman–Crippen MR) is 86.1 cm³/mol. The number of fused-ring (bicyclic) bond motifs is 1. The molecule has 4 rings (SSSR count). The fourth-order valence-electron chi connectivity index (χ4n) is 3.92. The number of hydrogen-bond acceptors (Lipinski definition) is 4. The second kappa shape index (κ2) is 8.47. The van der Waals surface area contributed by atoms with Gasteiger partial charge in [0.05, 0.1) is 12.7 Å². The van der Waals surface area contributed by atoms with E-state index in [2.05, 4.69) is 17.7 Å². The highest BCUT2D eigenvalue weighted by atomic mass is 16.5. The number of likely N-dealkylation sites (N-methyl/N-ethyl adjacent to an activating group) is 1. The molecule has 0 radical (unpaired) electrons. The highest BCUT2D eigenvalue weighted by Gasteiger charge is 2.39. The lowest BCUT2D eigenvalue weighted by Crippen LogP contribution is -2.40. The van der Waals surface area contributed by atoms with Crippen LogP contribution in [0.25, 0.3) is 0 Å². The monoisotopic (exact) mass is 298 g/mol. The van der Waals surface area contributed by atoms with Gasteiger partial charge in [0.15, 0.2) is 0 Å². The van der Waals surface area contributed by atoms with E-state index in [9.17, 15) is 0 Å². The van der Waals surface area contributed by atoms with Gasteiger partial charge in [-0.05, 0) is 76.3 Å². The summed E-state index contributed by atoms with van der Waals surface area (Å²) in [5.41, 5.74) is 4.50. The first-order valence-electron chi connectivity index (χ1n) is 8.75. The third kappa shape index (κ3) is 4.92. The third-order valence-corrected chi connectivity index (χ3v) is 5.55. The van der Waals surface area contributed by atoms with Gasteiger partial charge < -0.3 is 20.5 Å². The van der Waals surface area contributed by atoms with Crippen molar-refractivity contribution in [1.82, 2.24) is 4.90 Å². The van der Waals surface area contributed by atoms with Gasteiger partial charge in [-0.1, -0.05) is 0 Å². The number of rotatable bonds is 2. The van der Waals surface area contributed by atoms with Crippen LogP contribution in [0.2, 0.25) is 0 Å². The molecule has 0 aromatic rings. The largest absolute Gasteiger partial charge is 0.396 e. The molecule has 1 saturated heterocycles. The van der Waals surface area contributed by atoms with E-state index in [-0.39, 0.29) is 0 Å². The van der Waals surface area contributed by atoms with Gasteiger partial charge in [0, 0.05) is 19.7 Å². The van der Waals surface area contributed by atoms with E-state index in [0.29, 0.717) is 18.6 Å². The van der Waals surface area contributed by atoms with Gasteiger partial charge in [0.1, 0.15) is 0 Å². The second-order valence-corrected chi connectivity index (χ2v) is 7.13. The number of nitrogens with two attached hydrogens (primary N) is 1. The molecule has 0 bridgehead atoms. The molecule has 3 aliphatic carbocycles. The van der Waals surface area contributed by atoms with Crippen LogP contribution in [0, 0.1) is 23.7 Å². The Balaban J connectivity index is 0.000000138. The first-order valence-corrected chi connectivity index (χ1v) is 8.75. The summed E-state index contributed by atoms with van der Waals surface area (Å²) in [7, 11) is 3.68. The maximum absolute atomic E-state index is 8.83. The molecule has 4 heteroatoms. The van der Waals surface area contributed by atoms with Crippen molar-refractivity contribution in [2.45, 2.75) is 44.6 Å². The number of ether oxygens (including phenoxy) is 1. The van der Waals surface area contributed by atoms with Crippen molar-refractivity contribution in [2.75, 3.05) is 40.4 Å². The SMILES string of the molecule is CN.CN1CCOC(C2CC2)C1.OCC1CC2CCC2C1. The summed E-state index contributed by atoms with van der Waals surface area (Å²) in [5.74, 6) is 3.61. The maximum atomic E-state index is 8.83. The first-order chi connectivity index (χ1) is 10.3. The summed E-state index contributed by atoms with van der Waals surface area (Å²) in [6.07, 6.45) is 8.90. The molecule has 0 amide bonds. The molecule has 0 spiro atoms. The second-order valence-electron chi connectivity index (χ2n) is 7.13. The number of nitrogens with zero attached hydrogens (tertiary/aromatic N) is 1. The molecule has 3 unspecified atom stereocenters. The average Bonchev–Trinajstić information content (AvgIpc) is 3.30. The highest BCUT2D eigenvalue weighted by molar-refractivity contribution is 4.90. The van der Waals surface area contributed by atoms with Crippen molar-refractivity contribution < 1.29 is 9.84 Å². The molecule has 21 heavy (non-hydrogen) atoms. The Morgan fingerprint density at radius 3 is 2.05 bits per heavy atom. The lowest BCUT2D eigenvalue weighted by molar-refractivity contribution is -0.0306. The van der Waals surface area contributed by atoms with E-state index >= 15 is 0 Å². The smallest absolute Gasteiger partial charge is 0.0730 e. The predicted octanol–water partition coefficient (Wildman–Crippen LogP) is 1.72. The van der Waals surface area contributed by atoms with E-state index in [1.165, 1.54) is 45.6 Å². The van der Waals surface area contributed by atoms with Crippen LogP contribution in [-0.2, 0) is 4.74 Å². The van der Waals surface area contributed by atoms with Gasteiger partial charge in [-0.2, -0.15) is 0 Å². The summed E-state index contributed by atoms with van der Waals surface area (Å²) in [6.45, 7) is 3.65. The van der Waals surface area contributed by atoms with Crippen LogP contribution < -0.4 is 5.73 Å². The molecule has 124 valence electrons. The number of hydrogen-bond donors (Lipinski definition) is 2. The standard InChI is InChI=1S/C8H15NO.C8H14O.CH5N/c1-9-4-5-10-8(6-9)7-2-3-7;9-5-6-3-7-1-2-8(7)4-6;1-2/h7-8H,2-6H2,1H3;6-9H,1-5H2;2H2,1H3. The Morgan fingerprint density at radius 2 is 1.62 bits per heavy atom. The van der Waals surface area contributed by atoms with Crippen LogP contribution in [0.4, 0.5) is 0 Å². The highest BCUT2D eigenvalue weighted by Crippen LogP contribution is 2.49. The van der Waals surface area contributed by atoms with Gasteiger partial charge >= 0.3 is 0 Å². The molecular formula is C17H34N2O2. The van der Waals surface area contributed by atoms with Crippen molar-refractivity contribution in [3.8, 4) is 0 Å². The lowest BCUT2D eigenvalue weighted by Gasteiger charge is -2.29. The zero-order chi connectivity index (χ0) is 15.2. The van der Waals surface area contributed by atoms with E-state index in [4.69, 9.17) is 9.84 Å². The summed E-state index contributed by atoms with van der Waals surface area (Å²) >= 11 is 0. The Bertz CT molecular complexity index is 285. The van der Waals surface area contributed by atoms with Gasteiger partial charge in [-0.15, -0.1) is 0 Å². The quantitative estimate of drug-likeness (QED) is 0.815. The van der Waals surface area contributed by atoms with Crippen LogP contribution >= 0.6 is 0 Å². The topological polar surface area (TPSA) is 58.7 Å². The van der Waals surface area contributed by atoms with E-state index in [1.807, 2.05) is 0 Å². The van der Waals surface area contributed by atoms with E-state index < -0.39 is 0 Å². The van der Waals surface area contributed by atoms with Crippen LogP contribution in [-0.4, -0.2) is 56.5 Å². The number of morpholine rings is 1. The molecule has 4 aliphatic rings.